The Labute approximate surface area is 153 Å². The molecule has 0 aromatic rings. The van der Waals surface area contributed by atoms with Crippen molar-refractivity contribution in [1.82, 2.24) is 5.32 Å². The molecule has 0 unspecified atom stereocenters. The summed E-state index contributed by atoms with van der Waals surface area (Å²) in [5, 5.41) is 21.4. The van der Waals surface area contributed by atoms with Gasteiger partial charge in [-0.1, -0.05) is 84.0 Å². The molecule has 0 bridgehead atoms. The van der Waals surface area contributed by atoms with E-state index >= 15 is 0 Å². The highest BCUT2D eigenvalue weighted by atomic mass is 19.1. The number of halogens is 1. The maximum absolute atomic E-state index is 14.0. The van der Waals surface area contributed by atoms with Crippen LogP contribution in [0, 0.1) is 0 Å². The number of nitrogens with one attached hydrogen (secondary N) is 1. The van der Waals surface area contributed by atoms with Gasteiger partial charge >= 0.3 is 0 Å². The number of carbonyl (C=O) groups excluding carboxylic acids is 1. The summed E-state index contributed by atoms with van der Waals surface area (Å²) in [5.74, 6) is -0.379. The number of aliphatic hydroxyl groups is 2. The molecule has 0 aliphatic carbocycles. The zero-order valence-electron chi connectivity index (χ0n) is 16.3. The van der Waals surface area contributed by atoms with Crippen molar-refractivity contribution in [2.75, 3.05) is 6.61 Å². The predicted octanol–water partition coefficient (Wildman–Crippen LogP) is 4.27. The van der Waals surface area contributed by atoms with E-state index in [1.807, 2.05) is 0 Å². The molecule has 0 aromatic heterocycles. The van der Waals surface area contributed by atoms with Crippen molar-refractivity contribution in [3.8, 4) is 0 Å². The molecule has 0 aliphatic heterocycles. The highest BCUT2D eigenvalue weighted by Crippen LogP contribution is 2.16. The molecule has 150 valence electrons. The van der Waals surface area contributed by atoms with E-state index in [2.05, 4.69) is 12.2 Å². The van der Waals surface area contributed by atoms with Gasteiger partial charge in [-0.25, -0.2) is 4.39 Å². The van der Waals surface area contributed by atoms with Crippen LogP contribution in [0.2, 0.25) is 0 Å². The van der Waals surface area contributed by atoms with Gasteiger partial charge in [-0.3, -0.25) is 4.79 Å². The summed E-state index contributed by atoms with van der Waals surface area (Å²) < 4.78 is 14.0. The summed E-state index contributed by atoms with van der Waals surface area (Å²) in [5.41, 5.74) is 0. The van der Waals surface area contributed by atoms with Gasteiger partial charge in [0, 0.05) is 6.92 Å². The van der Waals surface area contributed by atoms with Crippen LogP contribution in [0.3, 0.4) is 0 Å². The Morgan fingerprint density at radius 2 is 1.36 bits per heavy atom. The third-order valence-corrected chi connectivity index (χ3v) is 4.70. The lowest BCUT2D eigenvalue weighted by Crippen LogP contribution is -2.49. The number of carbonyl (C=O) groups is 1. The number of rotatable bonds is 17. The summed E-state index contributed by atoms with van der Waals surface area (Å²) in [4.78, 5) is 11.0. The zero-order chi connectivity index (χ0) is 18.9. The van der Waals surface area contributed by atoms with Crippen LogP contribution in [0.1, 0.15) is 97.3 Å². The Bertz CT molecular complexity index is 315. The second-order valence-corrected chi connectivity index (χ2v) is 7.17. The first-order valence-corrected chi connectivity index (χ1v) is 10.2. The van der Waals surface area contributed by atoms with Gasteiger partial charge in [0.1, 0.15) is 12.3 Å². The largest absolute Gasteiger partial charge is 0.394 e. The molecule has 3 atom stereocenters. The minimum absolute atomic E-state index is 0.272. The van der Waals surface area contributed by atoms with Crippen LogP contribution in [0.4, 0.5) is 4.39 Å². The smallest absolute Gasteiger partial charge is 0.217 e. The van der Waals surface area contributed by atoms with Gasteiger partial charge < -0.3 is 15.5 Å². The Morgan fingerprint density at radius 1 is 0.920 bits per heavy atom. The van der Waals surface area contributed by atoms with Crippen molar-refractivity contribution >= 4 is 5.91 Å². The van der Waals surface area contributed by atoms with E-state index in [1.165, 1.54) is 64.7 Å². The molecule has 0 saturated carbocycles. The van der Waals surface area contributed by atoms with Crippen molar-refractivity contribution in [3.05, 3.63) is 0 Å². The summed E-state index contributed by atoms with van der Waals surface area (Å²) in [6.07, 6.45) is 12.1. The Morgan fingerprint density at radius 3 is 1.76 bits per heavy atom. The van der Waals surface area contributed by atoms with Crippen molar-refractivity contribution in [1.29, 1.82) is 0 Å². The van der Waals surface area contributed by atoms with E-state index in [-0.39, 0.29) is 12.3 Å². The molecule has 0 aromatic carbocycles. The maximum atomic E-state index is 14.0. The van der Waals surface area contributed by atoms with Gasteiger partial charge in [-0.2, -0.15) is 0 Å². The van der Waals surface area contributed by atoms with Crippen LogP contribution < -0.4 is 5.32 Å². The van der Waals surface area contributed by atoms with E-state index in [9.17, 15) is 14.3 Å². The monoisotopic (exact) mass is 361 g/mol. The summed E-state index contributed by atoms with van der Waals surface area (Å²) in [7, 11) is 0. The molecule has 0 spiro atoms. The Balaban J connectivity index is 3.53. The number of unbranched alkanes of at least 4 members (excludes halogenated alkanes) is 11. The van der Waals surface area contributed by atoms with Gasteiger partial charge in [0.05, 0.1) is 12.6 Å². The van der Waals surface area contributed by atoms with Crippen molar-refractivity contribution in [3.63, 3.8) is 0 Å². The van der Waals surface area contributed by atoms with E-state index in [4.69, 9.17) is 5.11 Å². The molecule has 1 amide bonds. The number of aliphatic hydroxyl groups excluding tert-OH is 2. The van der Waals surface area contributed by atoms with Gasteiger partial charge in [0.25, 0.3) is 0 Å². The van der Waals surface area contributed by atoms with Gasteiger partial charge in [-0.05, 0) is 6.42 Å². The SMILES string of the molecule is CCCCCCCCCCCCCC[C@H](F)[C@H](O)[C@@H](CO)NC(C)=O. The molecule has 0 fully saturated rings. The molecule has 0 saturated heterocycles. The number of amides is 1. The quantitative estimate of drug-likeness (QED) is 0.339. The molecule has 0 heterocycles. The second-order valence-electron chi connectivity index (χ2n) is 7.17. The summed E-state index contributed by atoms with van der Waals surface area (Å²) in [6, 6.07) is -0.926. The highest BCUT2D eigenvalue weighted by molar-refractivity contribution is 5.73. The molecule has 0 rings (SSSR count). The fraction of sp³-hybridized carbons (Fsp3) is 0.950. The van der Waals surface area contributed by atoms with Crippen LogP contribution >= 0.6 is 0 Å². The van der Waals surface area contributed by atoms with E-state index in [0.29, 0.717) is 0 Å². The topological polar surface area (TPSA) is 69.6 Å². The minimum Gasteiger partial charge on any atom is -0.394 e. The van der Waals surface area contributed by atoms with Crippen LogP contribution in [-0.2, 0) is 4.79 Å². The van der Waals surface area contributed by atoms with Gasteiger partial charge in [-0.15, -0.1) is 0 Å². The normalized spacial score (nSPS) is 14.9. The van der Waals surface area contributed by atoms with Crippen LogP contribution in [0.25, 0.3) is 0 Å². The van der Waals surface area contributed by atoms with Gasteiger partial charge in [0.2, 0.25) is 5.91 Å². The van der Waals surface area contributed by atoms with E-state index in [1.54, 1.807) is 0 Å². The van der Waals surface area contributed by atoms with Crippen LogP contribution in [0.15, 0.2) is 0 Å². The van der Waals surface area contributed by atoms with Crippen molar-refractivity contribution in [2.45, 2.75) is 116 Å². The molecule has 5 heteroatoms. The molecular weight excluding hydrogens is 321 g/mol. The fourth-order valence-corrected chi connectivity index (χ4v) is 3.10. The standard InChI is InChI=1S/C20H40FNO3/c1-3-4-5-6-7-8-9-10-11-12-13-14-15-18(21)20(25)19(16-23)22-17(2)24/h18-20,23,25H,3-16H2,1-2H3,(H,22,24)/t18-,19+,20-/m0/s1. The maximum Gasteiger partial charge on any atom is 0.217 e. The Kier molecular flexibility index (Phi) is 16.3. The summed E-state index contributed by atoms with van der Waals surface area (Å²) >= 11 is 0. The third kappa shape index (κ3) is 14.2. The first-order chi connectivity index (χ1) is 12.0. The predicted molar refractivity (Wildman–Crippen MR) is 101 cm³/mol. The lowest BCUT2D eigenvalue weighted by molar-refractivity contribution is -0.121. The number of alkyl halides is 1. The van der Waals surface area contributed by atoms with Gasteiger partial charge in [0.15, 0.2) is 0 Å². The third-order valence-electron chi connectivity index (χ3n) is 4.70. The first-order valence-electron chi connectivity index (χ1n) is 10.2. The lowest BCUT2D eigenvalue weighted by Gasteiger charge is -2.24. The molecule has 3 N–H and O–H groups in total. The molecule has 4 nitrogen and oxygen atoms in total. The molecule has 0 radical (unpaired) electrons. The molecule has 0 aliphatic rings. The average molecular weight is 362 g/mol. The Hall–Kier alpha value is -0.680. The zero-order valence-corrected chi connectivity index (χ0v) is 16.3. The lowest BCUT2D eigenvalue weighted by atomic mass is 10.0. The van der Waals surface area contributed by atoms with Crippen LogP contribution in [0.5, 0.6) is 0 Å². The van der Waals surface area contributed by atoms with E-state index < -0.39 is 24.9 Å². The van der Waals surface area contributed by atoms with E-state index in [0.717, 1.165) is 19.3 Å². The minimum atomic E-state index is -1.41. The molecule has 25 heavy (non-hydrogen) atoms. The fourth-order valence-electron chi connectivity index (χ4n) is 3.10. The highest BCUT2D eigenvalue weighted by Gasteiger charge is 2.27. The van der Waals surface area contributed by atoms with Crippen molar-refractivity contribution < 1.29 is 19.4 Å². The average Bonchev–Trinajstić information content (AvgIpc) is 2.59. The van der Waals surface area contributed by atoms with Crippen molar-refractivity contribution in [2.24, 2.45) is 0 Å². The molecular formula is C20H40FNO3. The number of hydrogen-bond acceptors (Lipinski definition) is 3. The van der Waals surface area contributed by atoms with Crippen LogP contribution in [-0.4, -0.2) is 41.0 Å². The number of hydrogen-bond donors (Lipinski definition) is 3. The first kappa shape index (κ1) is 24.3. The second kappa shape index (κ2) is 16.8. The summed E-state index contributed by atoms with van der Waals surface area (Å²) in [6.45, 7) is 3.06.